The van der Waals surface area contributed by atoms with Crippen LogP contribution in [-0.2, 0) is 22.2 Å². The number of anilines is 1. The van der Waals surface area contributed by atoms with Gasteiger partial charge in [0, 0.05) is 18.8 Å². The summed E-state index contributed by atoms with van der Waals surface area (Å²) >= 11 is 0. The highest BCUT2D eigenvalue weighted by Crippen LogP contribution is 2.49. The van der Waals surface area contributed by atoms with Gasteiger partial charge in [0.05, 0.1) is 11.1 Å². The van der Waals surface area contributed by atoms with Crippen LogP contribution in [-0.4, -0.2) is 10.5 Å². The van der Waals surface area contributed by atoms with E-state index in [1.54, 1.807) is 16.8 Å². The molecule has 0 aliphatic heterocycles. The number of amides is 1. The van der Waals surface area contributed by atoms with Crippen molar-refractivity contribution in [2.24, 2.45) is 0 Å². The first kappa shape index (κ1) is 17.5. The fourth-order valence-electron chi connectivity index (χ4n) is 3.16. The summed E-state index contributed by atoms with van der Waals surface area (Å²) in [7, 11) is 0. The van der Waals surface area contributed by atoms with Crippen LogP contribution in [0.5, 0.6) is 0 Å². The van der Waals surface area contributed by atoms with Gasteiger partial charge in [0.25, 0.3) is 5.56 Å². The maximum atomic E-state index is 12.9. The minimum Gasteiger partial charge on any atom is -0.324 e. The van der Waals surface area contributed by atoms with E-state index in [4.69, 9.17) is 0 Å². The molecule has 0 bridgehead atoms. The van der Waals surface area contributed by atoms with Crippen molar-refractivity contribution in [1.29, 1.82) is 0 Å². The quantitative estimate of drug-likeness (QED) is 0.921. The smallest absolute Gasteiger partial charge is 0.250 e. The Bertz CT molecular complexity index is 837. The maximum absolute atomic E-state index is 12.9. The predicted molar refractivity (Wildman–Crippen MR) is 101 cm³/mol. The fourth-order valence-corrected chi connectivity index (χ4v) is 3.16. The third kappa shape index (κ3) is 3.39. The minimum absolute atomic E-state index is 0.0114. The SMILES string of the molecule is CCn1cc(NC(=O)C2(c3ccc(C(C)(C)C)cc3)CC2)ccc1=O. The monoisotopic (exact) mass is 338 g/mol. The van der Waals surface area contributed by atoms with Crippen LogP contribution in [0.3, 0.4) is 0 Å². The van der Waals surface area contributed by atoms with Crippen molar-refractivity contribution in [1.82, 2.24) is 4.57 Å². The van der Waals surface area contributed by atoms with Crippen molar-refractivity contribution in [2.75, 3.05) is 5.32 Å². The molecule has 132 valence electrons. The lowest BCUT2D eigenvalue weighted by Gasteiger charge is -2.21. The number of hydrogen-bond acceptors (Lipinski definition) is 2. The highest BCUT2D eigenvalue weighted by molar-refractivity contribution is 6.01. The summed E-state index contributed by atoms with van der Waals surface area (Å²) in [5.74, 6) is 0.0114. The Kier molecular flexibility index (Phi) is 4.31. The molecule has 3 rings (SSSR count). The molecule has 0 unspecified atom stereocenters. The van der Waals surface area contributed by atoms with E-state index in [-0.39, 0.29) is 16.9 Å². The van der Waals surface area contributed by atoms with Gasteiger partial charge in [-0.3, -0.25) is 9.59 Å². The van der Waals surface area contributed by atoms with E-state index in [1.165, 1.54) is 11.6 Å². The molecular weight excluding hydrogens is 312 g/mol. The Labute approximate surface area is 148 Å². The van der Waals surface area contributed by atoms with E-state index in [1.807, 2.05) is 6.92 Å². The van der Waals surface area contributed by atoms with Crippen molar-refractivity contribution in [2.45, 2.75) is 57.9 Å². The van der Waals surface area contributed by atoms with E-state index in [0.29, 0.717) is 12.2 Å². The number of carbonyl (C=O) groups excluding carboxylic acids is 1. The van der Waals surface area contributed by atoms with Gasteiger partial charge in [-0.2, -0.15) is 0 Å². The van der Waals surface area contributed by atoms with Crippen molar-refractivity contribution < 1.29 is 4.79 Å². The first-order valence-corrected chi connectivity index (χ1v) is 8.89. The predicted octanol–water partition coefficient (Wildman–Crippen LogP) is 3.84. The molecule has 4 nitrogen and oxygen atoms in total. The Hall–Kier alpha value is -2.36. The molecule has 1 aromatic carbocycles. The number of aryl methyl sites for hydroxylation is 1. The van der Waals surface area contributed by atoms with Crippen molar-refractivity contribution in [3.05, 3.63) is 64.1 Å². The van der Waals surface area contributed by atoms with Gasteiger partial charge in [-0.25, -0.2) is 0 Å². The zero-order valence-corrected chi connectivity index (χ0v) is 15.4. The number of hydrogen-bond donors (Lipinski definition) is 1. The summed E-state index contributed by atoms with van der Waals surface area (Å²) in [6.07, 6.45) is 3.43. The number of rotatable bonds is 4. The molecule has 1 saturated carbocycles. The average Bonchev–Trinajstić information content (AvgIpc) is 3.38. The summed E-state index contributed by atoms with van der Waals surface area (Å²) in [5.41, 5.74) is 2.63. The first-order valence-electron chi connectivity index (χ1n) is 8.89. The second kappa shape index (κ2) is 6.17. The Balaban J connectivity index is 1.81. The summed E-state index contributed by atoms with van der Waals surface area (Å²) in [6.45, 7) is 9.05. The standard InChI is InChI=1S/C21H26N2O2/c1-5-23-14-17(10-11-18(23)24)22-19(25)21(12-13-21)16-8-6-15(7-9-16)20(2,3)4/h6-11,14H,5,12-13H2,1-4H3,(H,22,25). The molecule has 0 spiro atoms. The Morgan fingerprint density at radius 3 is 2.28 bits per heavy atom. The third-order valence-electron chi connectivity index (χ3n) is 5.07. The van der Waals surface area contributed by atoms with Gasteiger partial charge in [0.15, 0.2) is 0 Å². The molecule has 0 saturated heterocycles. The molecule has 1 heterocycles. The van der Waals surface area contributed by atoms with Crippen LogP contribution in [0, 0.1) is 0 Å². The van der Waals surface area contributed by atoms with Crippen LogP contribution < -0.4 is 10.9 Å². The number of carbonyl (C=O) groups is 1. The van der Waals surface area contributed by atoms with E-state index in [9.17, 15) is 9.59 Å². The van der Waals surface area contributed by atoms with E-state index in [0.717, 1.165) is 18.4 Å². The molecule has 0 radical (unpaired) electrons. The molecule has 0 atom stereocenters. The molecular formula is C21H26N2O2. The lowest BCUT2D eigenvalue weighted by Crippen LogP contribution is -2.29. The summed E-state index contributed by atoms with van der Waals surface area (Å²) < 4.78 is 1.59. The van der Waals surface area contributed by atoms with Crippen molar-refractivity contribution >= 4 is 11.6 Å². The van der Waals surface area contributed by atoms with Crippen LogP contribution >= 0.6 is 0 Å². The molecule has 1 aromatic heterocycles. The molecule has 1 fully saturated rings. The van der Waals surface area contributed by atoms with E-state index < -0.39 is 5.41 Å². The fraction of sp³-hybridized carbons (Fsp3) is 0.429. The highest BCUT2D eigenvalue weighted by Gasteiger charge is 2.51. The second-order valence-corrected chi connectivity index (χ2v) is 7.91. The zero-order chi connectivity index (χ0) is 18.2. The van der Waals surface area contributed by atoms with Crippen LogP contribution in [0.15, 0.2) is 47.4 Å². The minimum atomic E-state index is -0.427. The van der Waals surface area contributed by atoms with Crippen molar-refractivity contribution in [3.63, 3.8) is 0 Å². The topological polar surface area (TPSA) is 51.1 Å². The summed E-state index contributed by atoms with van der Waals surface area (Å²) in [4.78, 5) is 24.5. The van der Waals surface area contributed by atoms with Crippen LogP contribution in [0.2, 0.25) is 0 Å². The maximum Gasteiger partial charge on any atom is 0.250 e. The summed E-state index contributed by atoms with van der Waals surface area (Å²) in [6, 6.07) is 11.6. The molecule has 1 amide bonds. The van der Waals surface area contributed by atoms with Gasteiger partial charge >= 0.3 is 0 Å². The molecule has 4 heteroatoms. The van der Waals surface area contributed by atoms with Gasteiger partial charge in [0.2, 0.25) is 5.91 Å². The Morgan fingerprint density at radius 2 is 1.76 bits per heavy atom. The molecule has 1 aliphatic rings. The van der Waals surface area contributed by atoms with Gasteiger partial charge in [-0.15, -0.1) is 0 Å². The van der Waals surface area contributed by atoms with E-state index in [2.05, 4.69) is 50.4 Å². The van der Waals surface area contributed by atoms with Gasteiger partial charge in [-0.1, -0.05) is 45.0 Å². The lowest BCUT2D eigenvalue weighted by atomic mass is 9.85. The van der Waals surface area contributed by atoms with Gasteiger partial charge in [0.1, 0.15) is 0 Å². The molecule has 1 aliphatic carbocycles. The van der Waals surface area contributed by atoms with Crippen LogP contribution in [0.25, 0.3) is 0 Å². The Morgan fingerprint density at radius 1 is 1.12 bits per heavy atom. The first-order chi connectivity index (χ1) is 11.8. The normalized spacial score (nSPS) is 15.7. The number of nitrogens with one attached hydrogen (secondary N) is 1. The van der Waals surface area contributed by atoms with Gasteiger partial charge < -0.3 is 9.88 Å². The van der Waals surface area contributed by atoms with E-state index >= 15 is 0 Å². The average molecular weight is 338 g/mol. The van der Waals surface area contributed by atoms with Crippen molar-refractivity contribution in [3.8, 4) is 0 Å². The highest BCUT2D eigenvalue weighted by atomic mass is 16.2. The molecule has 2 aromatic rings. The number of pyridine rings is 1. The lowest BCUT2D eigenvalue weighted by molar-refractivity contribution is -0.118. The number of aromatic nitrogens is 1. The van der Waals surface area contributed by atoms with Crippen LogP contribution in [0.4, 0.5) is 5.69 Å². The molecule has 1 N–H and O–H groups in total. The zero-order valence-electron chi connectivity index (χ0n) is 15.4. The van der Waals surface area contributed by atoms with Gasteiger partial charge in [-0.05, 0) is 42.4 Å². The molecule has 25 heavy (non-hydrogen) atoms. The number of nitrogens with zero attached hydrogens (tertiary/aromatic N) is 1. The van der Waals surface area contributed by atoms with Crippen LogP contribution in [0.1, 0.15) is 51.7 Å². The third-order valence-corrected chi connectivity index (χ3v) is 5.07. The largest absolute Gasteiger partial charge is 0.324 e. The second-order valence-electron chi connectivity index (χ2n) is 7.91. The number of benzene rings is 1. The summed E-state index contributed by atoms with van der Waals surface area (Å²) in [5, 5.41) is 2.99.